The SMILES string of the molecule is Cn1c(C=O)cc2ccc(-c3nccc(N4CCC(c5cn[nH]c5)C4)n3)cc21. The Labute approximate surface area is 162 Å². The van der Waals surface area contributed by atoms with Crippen LogP contribution >= 0.6 is 0 Å². The summed E-state index contributed by atoms with van der Waals surface area (Å²) < 4.78 is 1.89. The number of H-pyrrole nitrogens is 1. The maximum Gasteiger partial charge on any atom is 0.166 e. The molecule has 7 nitrogen and oxygen atoms in total. The van der Waals surface area contributed by atoms with Gasteiger partial charge in [-0.1, -0.05) is 12.1 Å². The van der Waals surface area contributed by atoms with Crippen LogP contribution in [0.3, 0.4) is 0 Å². The molecule has 0 amide bonds. The molecule has 1 saturated heterocycles. The summed E-state index contributed by atoms with van der Waals surface area (Å²) in [6, 6.07) is 9.92. The van der Waals surface area contributed by atoms with Crippen LogP contribution < -0.4 is 4.90 Å². The third-order valence-electron chi connectivity index (χ3n) is 5.61. The van der Waals surface area contributed by atoms with Gasteiger partial charge < -0.3 is 9.47 Å². The number of aromatic nitrogens is 5. The fourth-order valence-corrected chi connectivity index (χ4v) is 3.99. The lowest BCUT2D eigenvalue weighted by molar-refractivity contribution is 0.111. The molecule has 1 fully saturated rings. The first kappa shape index (κ1) is 16.7. The number of fused-ring (bicyclic) bond motifs is 1. The number of anilines is 1. The summed E-state index contributed by atoms with van der Waals surface area (Å²) in [5.74, 6) is 2.11. The summed E-state index contributed by atoms with van der Waals surface area (Å²) in [7, 11) is 1.90. The minimum absolute atomic E-state index is 0.471. The van der Waals surface area contributed by atoms with Crippen molar-refractivity contribution in [1.29, 1.82) is 0 Å². The fraction of sp³-hybridized carbons (Fsp3) is 0.238. The van der Waals surface area contributed by atoms with Gasteiger partial charge in [-0.3, -0.25) is 9.89 Å². The van der Waals surface area contributed by atoms with E-state index in [4.69, 9.17) is 4.98 Å². The van der Waals surface area contributed by atoms with E-state index in [-0.39, 0.29) is 0 Å². The number of nitrogens with one attached hydrogen (secondary N) is 1. The zero-order chi connectivity index (χ0) is 19.1. The van der Waals surface area contributed by atoms with Crippen molar-refractivity contribution < 1.29 is 4.79 Å². The minimum Gasteiger partial charge on any atom is -0.356 e. The minimum atomic E-state index is 0.471. The Balaban J connectivity index is 1.45. The summed E-state index contributed by atoms with van der Waals surface area (Å²) in [6.45, 7) is 1.89. The van der Waals surface area contributed by atoms with Gasteiger partial charge in [0.1, 0.15) is 5.82 Å². The Morgan fingerprint density at radius 1 is 1.25 bits per heavy atom. The van der Waals surface area contributed by atoms with Crippen molar-refractivity contribution in [3.63, 3.8) is 0 Å². The number of aryl methyl sites for hydroxylation is 1. The molecular weight excluding hydrogens is 352 g/mol. The molecule has 0 saturated carbocycles. The lowest BCUT2D eigenvalue weighted by Gasteiger charge is -2.17. The molecule has 1 aliphatic rings. The van der Waals surface area contributed by atoms with Crippen molar-refractivity contribution in [2.24, 2.45) is 7.05 Å². The molecule has 140 valence electrons. The summed E-state index contributed by atoms with van der Waals surface area (Å²) in [6.07, 6.45) is 7.66. The number of aldehydes is 1. The average molecular weight is 372 g/mol. The first-order chi connectivity index (χ1) is 13.7. The number of hydrogen-bond donors (Lipinski definition) is 1. The van der Waals surface area contributed by atoms with Gasteiger partial charge >= 0.3 is 0 Å². The zero-order valence-corrected chi connectivity index (χ0v) is 15.5. The van der Waals surface area contributed by atoms with Crippen molar-refractivity contribution in [2.45, 2.75) is 12.3 Å². The van der Waals surface area contributed by atoms with Crippen LogP contribution in [0.25, 0.3) is 22.3 Å². The highest BCUT2D eigenvalue weighted by Gasteiger charge is 2.25. The van der Waals surface area contributed by atoms with Crippen LogP contribution in [0.1, 0.15) is 28.4 Å². The van der Waals surface area contributed by atoms with Crippen LogP contribution in [-0.4, -0.2) is 44.1 Å². The first-order valence-electron chi connectivity index (χ1n) is 9.34. The lowest BCUT2D eigenvalue weighted by Crippen LogP contribution is -2.20. The van der Waals surface area contributed by atoms with E-state index >= 15 is 0 Å². The lowest BCUT2D eigenvalue weighted by atomic mass is 10.0. The summed E-state index contributed by atoms with van der Waals surface area (Å²) >= 11 is 0. The predicted molar refractivity (Wildman–Crippen MR) is 107 cm³/mol. The van der Waals surface area contributed by atoms with Gasteiger partial charge in [0, 0.05) is 54.9 Å². The molecule has 0 spiro atoms. The van der Waals surface area contributed by atoms with Gasteiger partial charge in [0.2, 0.25) is 0 Å². The third-order valence-corrected chi connectivity index (χ3v) is 5.61. The topological polar surface area (TPSA) is 79.7 Å². The second-order valence-electron chi connectivity index (χ2n) is 7.22. The number of carbonyl (C=O) groups excluding carboxylic acids is 1. The second kappa shape index (κ2) is 6.60. The molecule has 7 heteroatoms. The van der Waals surface area contributed by atoms with E-state index < -0.39 is 0 Å². The molecule has 28 heavy (non-hydrogen) atoms. The Morgan fingerprint density at radius 3 is 3.00 bits per heavy atom. The monoisotopic (exact) mass is 372 g/mol. The number of carbonyl (C=O) groups is 1. The third kappa shape index (κ3) is 2.76. The average Bonchev–Trinajstić information content (AvgIpc) is 3.48. The summed E-state index contributed by atoms with van der Waals surface area (Å²) in [5.41, 5.74) is 3.84. The number of benzene rings is 1. The van der Waals surface area contributed by atoms with Gasteiger partial charge in [0.05, 0.1) is 11.9 Å². The molecule has 0 bridgehead atoms. The van der Waals surface area contributed by atoms with Gasteiger partial charge in [0.15, 0.2) is 12.1 Å². The van der Waals surface area contributed by atoms with E-state index in [9.17, 15) is 4.79 Å². The zero-order valence-electron chi connectivity index (χ0n) is 15.5. The molecule has 1 atom stereocenters. The molecule has 1 N–H and O–H groups in total. The summed E-state index contributed by atoms with van der Waals surface area (Å²) in [5, 5.41) is 8.00. The molecule has 0 radical (unpaired) electrons. The molecule has 1 aromatic carbocycles. The van der Waals surface area contributed by atoms with E-state index in [1.165, 1.54) is 5.56 Å². The molecule has 0 aliphatic carbocycles. The van der Waals surface area contributed by atoms with Crippen LogP contribution in [0.5, 0.6) is 0 Å². The molecular formula is C21H20N6O. The van der Waals surface area contributed by atoms with Gasteiger partial charge in [-0.25, -0.2) is 9.97 Å². The largest absolute Gasteiger partial charge is 0.356 e. The molecule has 4 aromatic rings. The van der Waals surface area contributed by atoms with Crippen LogP contribution in [0.2, 0.25) is 0 Å². The fourth-order valence-electron chi connectivity index (χ4n) is 3.99. The van der Waals surface area contributed by atoms with Crippen molar-refractivity contribution >= 4 is 23.0 Å². The maximum atomic E-state index is 11.2. The van der Waals surface area contributed by atoms with Gasteiger partial charge in [-0.05, 0) is 30.2 Å². The quantitative estimate of drug-likeness (QED) is 0.557. The Kier molecular flexibility index (Phi) is 3.93. The Bertz CT molecular complexity index is 1150. The number of aromatic amines is 1. The van der Waals surface area contributed by atoms with Crippen LogP contribution in [0.15, 0.2) is 48.9 Å². The van der Waals surface area contributed by atoms with Crippen molar-refractivity contribution in [3.05, 3.63) is 60.2 Å². The van der Waals surface area contributed by atoms with Crippen LogP contribution in [0, 0.1) is 0 Å². The molecule has 3 aromatic heterocycles. The standard InChI is InChI=1S/C21H20N6O/c1-26-18(13-28)8-14-2-3-15(9-19(14)26)21-22-6-4-20(25-21)27-7-5-16(12-27)17-10-23-24-11-17/h2-4,6,8-11,13,16H,5,7,12H2,1H3,(H,23,24). The van der Waals surface area contributed by atoms with Crippen LogP contribution in [0.4, 0.5) is 5.82 Å². The van der Waals surface area contributed by atoms with Crippen molar-refractivity contribution in [2.75, 3.05) is 18.0 Å². The molecule has 1 unspecified atom stereocenters. The van der Waals surface area contributed by atoms with Gasteiger partial charge in [-0.2, -0.15) is 5.10 Å². The number of nitrogens with zero attached hydrogens (tertiary/aromatic N) is 5. The summed E-state index contributed by atoms with van der Waals surface area (Å²) in [4.78, 5) is 22.8. The normalized spacial score (nSPS) is 16.8. The number of hydrogen-bond acceptors (Lipinski definition) is 5. The van der Waals surface area contributed by atoms with E-state index in [0.29, 0.717) is 17.4 Å². The van der Waals surface area contributed by atoms with E-state index in [1.807, 2.05) is 60.5 Å². The Hall–Kier alpha value is -3.48. The number of rotatable bonds is 4. The van der Waals surface area contributed by atoms with E-state index in [2.05, 4.69) is 20.1 Å². The van der Waals surface area contributed by atoms with Crippen LogP contribution in [-0.2, 0) is 7.05 Å². The highest BCUT2D eigenvalue weighted by Crippen LogP contribution is 2.30. The van der Waals surface area contributed by atoms with Crippen molar-refractivity contribution in [3.8, 4) is 11.4 Å². The smallest absolute Gasteiger partial charge is 0.166 e. The highest BCUT2D eigenvalue weighted by atomic mass is 16.1. The van der Waals surface area contributed by atoms with E-state index in [0.717, 1.165) is 48.1 Å². The maximum absolute atomic E-state index is 11.2. The van der Waals surface area contributed by atoms with Gasteiger partial charge in [0.25, 0.3) is 0 Å². The highest BCUT2D eigenvalue weighted by molar-refractivity contribution is 5.91. The van der Waals surface area contributed by atoms with Crippen molar-refractivity contribution in [1.82, 2.24) is 24.7 Å². The molecule has 5 rings (SSSR count). The predicted octanol–water partition coefficient (Wildman–Crippen LogP) is 3.16. The van der Waals surface area contributed by atoms with E-state index in [1.54, 1.807) is 0 Å². The van der Waals surface area contributed by atoms with Gasteiger partial charge in [-0.15, -0.1) is 0 Å². The molecule has 1 aliphatic heterocycles. The second-order valence-corrected chi connectivity index (χ2v) is 7.22. The Morgan fingerprint density at radius 2 is 2.18 bits per heavy atom. The molecule has 4 heterocycles. The first-order valence-corrected chi connectivity index (χ1v) is 9.34.